The van der Waals surface area contributed by atoms with E-state index in [1.54, 1.807) is 7.05 Å². The van der Waals surface area contributed by atoms with Gasteiger partial charge in [0.15, 0.2) is 0 Å². The number of hydrogen-bond donors (Lipinski definition) is 2. The summed E-state index contributed by atoms with van der Waals surface area (Å²) in [5.41, 5.74) is 1.45. The molecular formula is C16H22N2O3. The summed E-state index contributed by atoms with van der Waals surface area (Å²) in [6.45, 7) is 2.08. The molecule has 1 saturated carbocycles. The zero-order valence-corrected chi connectivity index (χ0v) is 12.6. The number of hydrogen-bond acceptors (Lipinski definition) is 2. The van der Waals surface area contributed by atoms with Crippen molar-refractivity contribution in [1.82, 2.24) is 5.32 Å². The second-order valence-corrected chi connectivity index (χ2v) is 5.71. The number of nitrogens with zero attached hydrogens (tertiary/aromatic N) is 1. The lowest BCUT2D eigenvalue weighted by Gasteiger charge is -2.42. The van der Waals surface area contributed by atoms with Gasteiger partial charge >= 0.3 is 12.0 Å². The molecule has 1 aromatic rings. The van der Waals surface area contributed by atoms with E-state index in [2.05, 4.69) is 12.2 Å². The fourth-order valence-electron chi connectivity index (χ4n) is 2.62. The highest BCUT2D eigenvalue weighted by Crippen LogP contribution is 2.35. The van der Waals surface area contributed by atoms with Gasteiger partial charge < -0.3 is 10.4 Å². The topological polar surface area (TPSA) is 69.6 Å². The predicted molar refractivity (Wildman–Crippen MR) is 81.6 cm³/mol. The van der Waals surface area contributed by atoms with E-state index in [0.717, 1.165) is 31.4 Å². The molecule has 2 rings (SSSR count). The van der Waals surface area contributed by atoms with Crippen LogP contribution in [0, 0.1) is 0 Å². The Kier molecular flexibility index (Phi) is 4.50. The fourth-order valence-corrected chi connectivity index (χ4v) is 2.62. The van der Waals surface area contributed by atoms with Gasteiger partial charge in [-0.15, -0.1) is 0 Å². The van der Waals surface area contributed by atoms with Crippen molar-refractivity contribution < 1.29 is 14.7 Å². The molecule has 5 nitrogen and oxygen atoms in total. The third kappa shape index (κ3) is 3.54. The molecule has 1 aliphatic carbocycles. The van der Waals surface area contributed by atoms with E-state index in [1.165, 1.54) is 10.5 Å². The van der Waals surface area contributed by atoms with Crippen molar-refractivity contribution in [2.75, 3.05) is 11.9 Å². The van der Waals surface area contributed by atoms with Crippen molar-refractivity contribution in [3.05, 3.63) is 29.8 Å². The molecule has 114 valence electrons. The number of carboxylic acids is 1. The molecule has 0 saturated heterocycles. The molecule has 0 aromatic heterocycles. The molecule has 0 atom stereocenters. The number of carboxylic acid groups (broad SMARTS) is 1. The highest BCUT2D eigenvalue weighted by molar-refractivity contribution is 5.92. The van der Waals surface area contributed by atoms with E-state index < -0.39 is 11.5 Å². The summed E-state index contributed by atoms with van der Waals surface area (Å²) < 4.78 is 0. The molecule has 1 aliphatic rings. The van der Waals surface area contributed by atoms with Gasteiger partial charge in [0.2, 0.25) is 0 Å². The van der Waals surface area contributed by atoms with Crippen molar-refractivity contribution in [3.63, 3.8) is 0 Å². The number of urea groups is 1. The molecule has 1 aromatic carbocycles. The standard InChI is InChI=1S/C16H22N2O3/c1-3-12-5-7-13(8-6-12)18(2)15(21)17-16(9-4-10-16)11-14(19)20/h5-8H,3-4,9-11H2,1-2H3,(H,17,21)(H,19,20). The van der Waals surface area contributed by atoms with E-state index in [-0.39, 0.29) is 12.5 Å². The zero-order chi connectivity index (χ0) is 15.5. The Morgan fingerprint density at radius 3 is 2.33 bits per heavy atom. The Morgan fingerprint density at radius 1 is 1.29 bits per heavy atom. The quantitative estimate of drug-likeness (QED) is 0.876. The Balaban J connectivity index is 2.02. The number of nitrogens with one attached hydrogen (secondary N) is 1. The van der Waals surface area contributed by atoms with Crippen molar-refractivity contribution >= 4 is 17.7 Å². The summed E-state index contributed by atoms with van der Waals surface area (Å²) in [4.78, 5) is 24.8. The number of amides is 2. The number of carbonyl (C=O) groups excluding carboxylic acids is 1. The van der Waals surface area contributed by atoms with Gasteiger partial charge in [0, 0.05) is 12.7 Å². The molecule has 0 unspecified atom stereocenters. The highest BCUT2D eigenvalue weighted by Gasteiger charge is 2.41. The number of rotatable bonds is 5. The van der Waals surface area contributed by atoms with Crippen LogP contribution in [-0.4, -0.2) is 29.7 Å². The van der Waals surface area contributed by atoms with Crippen LogP contribution in [0.1, 0.15) is 38.2 Å². The van der Waals surface area contributed by atoms with E-state index in [9.17, 15) is 9.59 Å². The minimum absolute atomic E-state index is 0.0125. The number of carbonyl (C=O) groups is 2. The average molecular weight is 290 g/mol. The van der Waals surface area contributed by atoms with Crippen LogP contribution < -0.4 is 10.2 Å². The summed E-state index contributed by atoms with van der Waals surface area (Å²) in [6, 6.07) is 7.55. The predicted octanol–water partition coefficient (Wildman–Crippen LogP) is 2.79. The normalized spacial score (nSPS) is 15.9. The Hall–Kier alpha value is -2.04. The summed E-state index contributed by atoms with van der Waals surface area (Å²) in [6.07, 6.45) is 3.36. The van der Waals surface area contributed by atoms with Crippen molar-refractivity contribution in [1.29, 1.82) is 0 Å². The molecule has 5 heteroatoms. The summed E-state index contributed by atoms with van der Waals surface area (Å²) in [5.74, 6) is -0.870. The van der Waals surface area contributed by atoms with Gasteiger partial charge in [0.05, 0.1) is 12.0 Å². The number of aryl methyl sites for hydroxylation is 1. The minimum Gasteiger partial charge on any atom is -0.481 e. The second kappa shape index (κ2) is 6.16. The van der Waals surface area contributed by atoms with Crippen molar-refractivity contribution in [2.45, 2.75) is 44.6 Å². The van der Waals surface area contributed by atoms with E-state index in [0.29, 0.717) is 0 Å². The van der Waals surface area contributed by atoms with Crippen molar-refractivity contribution in [2.24, 2.45) is 0 Å². The maximum atomic E-state index is 12.3. The summed E-state index contributed by atoms with van der Waals surface area (Å²) >= 11 is 0. The van der Waals surface area contributed by atoms with E-state index >= 15 is 0 Å². The fraction of sp³-hybridized carbons (Fsp3) is 0.500. The second-order valence-electron chi connectivity index (χ2n) is 5.71. The monoisotopic (exact) mass is 290 g/mol. The smallest absolute Gasteiger partial charge is 0.322 e. The van der Waals surface area contributed by atoms with Gasteiger partial charge in [-0.1, -0.05) is 19.1 Å². The maximum absolute atomic E-state index is 12.3. The van der Waals surface area contributed by atoms with Crippen LogP contribution in [0.2, 0.25) is 0 Å². The molecule has 0 aliphatic heterocycles. The van der Waals surface area contributed by atoms with Gasteiger partial charge in [-0.2, -0.15) is 0 Å². The van der Waals surface area contributed by atoms with Gasteiger partial charge in [-0.05, 0) is 43.4 Å². The van der Waals surface area contributed by atoms with Crippen LogP contribution in [0.3, 0.4) is 0 Å². The lowest BCUT2D eigenvalue weighted by atomic mass is 9.74. The molecule has 0 bridgehead atoms. The van der Waals surface area contributed by atoms with Crippen molar-refractivity contribution in [3.8, 4) is 0 Å². The first-order valence-electron chi connectivity index (χ1n) is 7.32. The first kappa shape index (κ1) is 15.4. The van der Waals surface area contributed by atoms with Crippen LogP contribution in [0.5, 0.6) is 0 Å². The third-order valence-electron chi connectivity index (χ3n) is 4.21. The lowest BCUT2D eigenvalue weighted by Crippen LogP contribution is -2.57. The summed E-state index contributed by atoms with van der Waals surface area (Å²) in [7, 11) is 1.70. The highest BCUT2D eigenvalue weighted by atomic mass is 16.4. The lowest BCUT2D eigenvalue weighted by molar-refractivity contribution is -0.139. The van der Waals surface area contributed by atoms with Gasteiger partial charge in [0.1, 0.15) is 0 Å². The van der Waals surface area contributed by atoms with Crippen LogP contribution in [0.25, 0.3) is 0 Å². The van der Waals surface area contributed by atoms with Gasteiger partial charge in [-0.3, -0.25) is 9.69 Å². The molecular weight excluding hydrogens is 268 g/mol. The number of benzene rings is 1. The molecule has 0 spiro atoms. The van der Waals surface area contributed by atoms with Crippen LogP contribution in [-0.2, 0) is 11.2 Å². The van der Waals surface area contributed by atoms with E-state index in [1.807, 2.05) is 24.3 Å². The van der Waals surface area contributed by atoms with Gasteiger partial charge in [-0.25, -0.2) is 4.79 Å². The first-order valence-corrected chi connectivity index (χ1v) is 7.32. The minimum atomic E-state index is -0.870. The maximum Gasteiger partial charge on any atom is 0.322 e. The average Bonchev–Trinajstić information content (AvgIpc) is 2.43. The molecule has 0 radical (unpaired) electrons. The Morgan fingerprint density at radius 2 is 1.90 bits per heavy atom. The zero-order valence-electron chi connectivity index (χ0n) is 12.6. The Labute approximate surface area is 125 Å². The number of anilines is 1. The number of aliphatic carboxylic acids is 1. The van der Waals surface area contributed by atoms with Gasteiger partial charge in [0.25, 0.3) is 0 Å². The Bertz CT molecular complexity index is 521. The van der Waals surface area contributed by atoms with E-state index in [4.69, 9.17) is 5.11 Å². The SMILES string of the molecule is CCc1ccc(N(C)C(=O)NC2(CC(=O)O)CCC2)cc1. The first-order chi connectivity index (χ1) is 9.96. The third-order valence-corrected chi connectivity index (χ3v) is 4.21. The molecule has 0 heterocycles. The molecule has 1 fully saturated rings. The van der Waals surface area contributed by atoms with Crippen LogP contribution in [0.15, 0.2) is 24.3 Å². The van der Waals surface area contributed by atoms with Crippen LogP contribution in [0.4, 0.5) is 10.5 Å². The molecule has 21 heavy (non-hydrogen) atoms. The largest absolute Gasteiger partial charge is 0.481 e. The molecule has 2 amide bonds. The van der Waals surface area contributed by atoms with Crippen LogP contribution >= 0.6 is 0 Å². The molecule has 2 N–H and O–H groups in total. The summed E-state index contributed by atoms with van der Waals surface area (Å²) in [5, 5.41) is 11.9.